The van der Waals surface area contributed by atoms with Gasteiger partial charge in [-0.2, -0.15) is 0 Å². The van der Waals surface area contributed by atoms with Crippen molar-refractivity contribution in [2.75, 3.05) is 0 Å². The van der Waals surface area contributed by atoms with Gasteiger partial charge in [-0.3, -0.25) is 0 Å². The predicted octanol–water partition coefficient (Wildman–Crippen LogP) is 13.1. The first kappa shape index (κ1) is 25.4. The Labute approximate surface area is 266 Å². The molecule has 46 heavy (non-hydrogen) atoms. The Morgan fingerprint density at radius 3 is 1.33 bits per heavy atom. The van der Waals surface area contributed by atoms with Crippen LogP contribution >= 0.6 is 0 Å². The molecular weight excluding hydrogens is 553 g/mol. The molecule has 10 rings (SSSR count). The second kappa shape index (κ2) is 9.76. The van der Waals surface area contributed by atoms with E-state index in [9.17, 15) is 0 Å². The van der Waals surface area contributed by atoms with Crippen LogP contribution in [0.3, 0.4) is 0 Å². The van der Waals surface area contributed by atoms with Crippen molar-refractivity contribution in [2.45, 2.75) is 0 Å². The van der Waals surface area contributed by atoms with Crippen molar-refractivity contribution in [2.24, 2.45) is 0 Å². The summed E-state index contributed by atoms with van der Waals surface area (Å²) in [5.74, 6) is 0. The molecule has 0 atom stereocenters. The van der Waals surface area contributed by atoms with E-state index in [1.54, 1.807) is 0 Å². The van der Waals surface area contributed by atoms with Gasteiger partial charge in [0.05, 0.1) is 0 Å². The third-order valence-corrected chi connectivity index (χ3v) is 10.0. The van der Waals surface area contributed by atoms with E-state index in [1.807, 2.05) is 0 Å². The summed E-state index contributed by atoms with van der Waals surface area (Å²) >= 11 is 0. The van der Waals surface area contributed by atoms with Crippen LogP contribution in [0.15, 0.2) is 170 Å². The lowest BCUT2D eigenvalue weighted by Gasteiger charge is -2.19. The molecule has 212 valence electrons. The van der Waals surface area contributed by atoms with Crippen molar-refractivity contribution in [3.8, 4) is 22.3 Å². The van der Waals surface area contributed by atoms with Crippen molar-refractivity contribution in [1.82, 2.24) is 0 Å². The van der Waals surface area contributed by atoms with Gasteiger partial charge >= 0.3 is 0 Å². The summed E-state index contributed by atoms with van der Waals surface area (Å²) in [4.78, 5) is 0. The first-order valence-electron chi connectivity index (χ1n) is 16.0. The molecule has 0 aliphatic rings. The second-order valence-corrected chi connectivity index (χ2v) is 12.4. The summed E-state index contributed by atoms with van der Waals surface area (Å²) in [6.07, 6.45) is 0. The predicted molar refractivity (Wildman–Crippen MR) is 200 cm³/mol. The van der Waals surface area contributed by atoms with Crippen LogP contribution < -0.4 is 0 Å². The number of fused-ring (bicyclic) bond motifs is 13. The lowest BCUT2D eigenvalue weighted by Crippen LogP contribution is -1.91. The standard InChI is InChI=1S/C46H28/c1-3-15-32-29(12-1)14-11-23-39(32)44-33-16-4-2-13-30(33)24-26-34(44)31-25-27-38-37-19-7-9-21-41(37)45-40-20-8-5-17-35(40)36-18-6-10-22-42(36)46(45)43(38)28-31/h1-28H. The van der Waals surface area contributed by atoms with Gasteiger partial charge in [0.25, 0.3) is 0 Å². The Hall–Kier alpha value is -5.98. The van der Waals surface area contributed by atoms with Crippen LogP contribution in [0, 0.1) is 0 Å². The van der Waals surface area contributed by atoms with Crippen molar-refractivity contribution in [3.05, 3.63) is 170 Å². The third-order valence-electron chi connectivity index (χ3n) is 10.0. The summed E-state index contributed by atoms with van der Waals surface area (Å²) in [6, 6.07) is 62.8. The summed E-state index contributed by atoms with van der Waals surface area (Å²) in [5, 5.41) is 18.1. The quantitative estimate of drug-likeness (QED) is 0.178. The average Bonchev–Trinajstić information content (AvgIpc) is 3.13. The van der Waals surface area contributed by atoms with Crippen molar-refractivity contribution < 1.29 is 0 Å². The topological polar surface area (TPSA) is 0 Å². The maximum atomic E-state index is 2.46. The van der Waals surface area contributed by atoms with E-state index in [2.05, 4.69) is 170 Å². The van der Waals surface area contributed by atoms with Gasteiger partial charge in [0, 0.05) is 0 Å². The van der Waals surface area contributed by atoms with Gasteiger partial charge in [-0.1, -0.05) is 164 Å². The molecule has 0 radical (unpaired) electrons. The average molecular weight is 581 g/mol. The molecular formula is C46H28. The Morgan fingerprint density at radius 2 is 0.696 bits per heavy atom. The van der Waals surface area contributed by atoms with Crippen LogP contribution in [0.25, 0.3) is 97.7 Å². The van der Waals surface area contributed by atoms with Gasteiger partial charge in [0.15, 0.2) is 0 Å². The van der Waals surface area contributed by atoms with E-state index in [4.69, 9.17) is 0 Å². The molecule has 0 saturated carbocycles. The molecule has 0 fully saturated rings. The minimum Gasteiger partial charge on any atom is -0.0616 e. The molecule has 0 saturated heterocycles. The molecule has 10 aromatic rings. The highest BCUT2D eigenvalue weighted by Crippen LogP contribution is 2.46. The largest absolute Gasteiger partial charge is 0.0616 e. The summed E-state index contributed by atoms with van der Waals surface area (Å²) in [5.41, 5.74) is 5.04. The van der Waals surface area contributed by atoms with E-state index >= 15 is 0 Å². The molecule has 0 aromatic heterocycles. The van der Waals surface area contributed by atoms with Crippen molar-refractivity contribution in [1.29, 1.82) is 0 Å². The maximum Gasteiger partial charge on any atom is -0.00137 e. The molecule has 0 nitrogen and oxygen atoms in total. The van der Waals surface area contributed by atoms with E-state index in [-0.39, 0.29) is 0 Å². The van der Waals surface area contributed by atoms with Crippen molar-refractivity contribution >= 4 is 75.4 Å². The SMILES string of the molecule is c1ccc2c(-c3c(-c4ccc5c6ccccc6c6c7ccccc7c7ccccc7c6c5c4)ccc4ccccc34)cccc2c1. The van der Waals surface area contributed by atoms with Gasteiger partial charge in [-0.25, -0.2) is 0 Å². The Balaban J connectivity index is 1.39. The number of benzene rings is 10. The lowest BCUT2D eigenvalue weighted by atomic mass is 9.84. The first-order valence-corrected chi connectivity index (χ1v) is 16.0. The number of rotatable bonds is 2. The normalized spacial score (nSPS) is 11.9. The van der Waals surface area contributed by atoms with Gasteiger partial charge < -0.3 is 0 Å². The molecule has 0 aliphatic heterocycles. The summed E-state index contributed by atoms with van der Waals surface area (Å²) in [7, 11) is 0. The van der Waals surface area contributed by atoms with E-state index in [0.29, 0.717) is 0 Å². The Bertz CT molecular complexity index is 2830. The zero-order chi connectivity index (χ0) is 30.2. The molecule has 0 heterocycles. The van der Waals surface area contributed by atoms with Crippen LogP contribution in [-0.4, -0.2) is 0 Å². The zero-order valence-electron chi connectivity index (χ0n) is 25.2. The van der Waals surface area contributed by atoms with Gasteiger partial charge in [-0.15, -0.1) is 0 Å². The smallest absolute Gasteiger partial charge is 0.00137 e. The van der Waals surface area contributed by atoms with Gasteiger partial charge in [-0.05, 0) is 104 Å². The molecule has 10 aromatic carbocycles. The molecule has 0 heteroatoms. The monoisotopic (exact) mass is 580 g/mol. The molecule has 0 aliphatic carbocycles. The Morgan fingerprint density at radius 1 is 0.239 bits per heavy atom. The van der Waals surface area contributed by atoms with Crippen LogP contribution in [0.2, 0.25) is 0 Å². The van der Waals surface area contributed by atoms with Gasteiger partial charge in [0.1, 0.15) is 0 Å². The zero-order valence-corrected chi connectivity index (χ0v) is 25.2. The molecule has 0 amide bonds. The van der Waals surface area contributed by atoms with E-state index < -0.39 is 0 Å². The molecule has 0 unspecified atom stereocenters. The lowest BCUT2D eigenvalue weighted by molar-refractivity contribution is 1.65. The summed E-state index contributed by atoms with van der Waals surface area (Å²) < 4.78 is 0. The second-order valence-electron chi connectivity index (χ2n) is 12.4. The van der Waals surface area contributed by atoms with Gasteiger partial charge in [0.2, 0.25) is 0 Å². The minimum absolute atomic E-state index is 1.23. The van der Waals surface area contributed by atoms with E-state index in [1.165, 1.54) is 97.7 Å². The fourth-order valence-corrected chi connectivity index (χ4v) is 8.04. The number of hydrogen-bond donors (Lipinski definition) is 0. The van der Waals surface area contributed by atoms with Crippen molar-refractivity contribution in [3.63, 3.8) is 0 Å². The minimum atomic E-state index is 1.23. The highest BCUT2D eigenvalue weighted by Gasteiger charge is 2.18. The molecule has 0 bridgehead atoms. The Kier molecular flexibility index (Phi) is 5.38. The van der Waals surface area contributed by atoms with Crippen LogP contribution in [0.5, 0.6) is 0 Å². The highest BCUT2D eigenvalue weighted by atomic mass is 14.2. The third kappa shape index (κ3) is 3.56. The highest BCUT2D eigenvalue weighted by molar-refractivity contribution is 6.39. The number of hydrogen-bond acceptors (Lipinski definition) is 0. The van der Waals surface area contributed by atoms with Crippen LogP contribution in [0.4, 0.5) is 0 Å². The van der Waals surface area contributed by atoms with E-state index in [0.717, 1.165) is 0 Å². The summed E-state index contributed by atoms with van der Waals surface area (Å²) in [6.45, 7) is 0. The fraction of sp³-hybridized carbons (Fsp3) is 0. The van der Waals surface area contributed by atoms with Crippen LogP contribution in [-0.2, 0) is 0 Å². The van der Waals surface area contributed by atoms with Crippen LogP contribution in [0.1, 0.15) is 0 Å². The fourth-order valence-electron chi connectivity index (χ4n) is 8.04. The molecule has 0 N–H and O–H groups in total. The molecule has 0 spiro atoms. The maximum absolute atomic E-state index is 2.46. The first-order chi connectivity index (χ1) is 22.8.